The summed E-state index contributed by atoms with van der Waals surface area (Å²) in [4.78, 5) is 11.8. The van der Waals surface area contributed by atoms with Crippen LogP contribution < -0.4 is 20.5 Å². The van der Waals surface area contributed by atoms with Gasteiger partial charge >= 0.3 is 0 Å². The van der Waals surface area contributed by atoms with Crippen molar-refractivity contribution < 1.29 is 14.3 Å². The normalized spacial score (nSPS) is 14.7. The summed E-state index contributed by atoms with van der Waals surface area (Å²) < 4.78 is 10.4. The average Bonchev–Trinajstić information content (AvgIpc) is 2.75. The molecule has 1 amide bonds. The molecule has 2 rings (SSSR count). The first-order chi connectivity index (χ1) is 8.56. The van der Waals surface area contributed by atoms with Crippen LogP contribution in [0.4, 0.5) is 5.69 Å². The van der Waals surface area contributed by atoms with Crippen molar-refractivity contribution in [2.75, 3.05) is 12.1 Å². The number of nitrogens with one attached hydrogen (secondary N) is 1. The van der Waals surface area contributed by atoms with Gasteiger partial charge in [-0.05, 0) is 24.5 Å². The topological polar surface area (TPSA) is 73.6 Å². The van der Waals surface area contributed by atoms with Gasteiger partial charge in [0.15, 0.2) is 11.5 Å². The molecular formula is C13H18N2O3. The summed E-state index contributed by atoms with van der Waals surface area (Å²) in [5, 5.41) is 2.78. The number of carbonyl (C=O) groups is 1. The molecule has 0 bridgehead atoms. The zero-order valence-electron chi connectivity index (χ0n) is 10.6. The van der Waals surface area contributed by atoms with Gasteiger partial charge in [-0.15, -0.1) is 0 Å². The van der Waals surface area contributed by atoms with Crippen LogP contribution in [-0.2, 0) is 4.79 Å². The molecular weight excluding hydrogens is 232 g/mol. The summed E-state index contributed by atoms with van der Waals surface area (Å²) in [6.07, 6.45) is 0.663. The van der Waals surface area contributed by atoms with Gasteiger partial charge in [-0.1, -0.05) is 13.8 Å². The highest BCUT2D eigenvalue weighted by Crippen LogP contribution is 2.34. The number of anilines is 1. The zero-order valence-corrected chi connectivity index (χ0v) is 10.6. The van der Waals surface area contributed by atoms with Crippen molar-refractivity contribution in [2.45, 2.75) is 26.3 Å². The van der Waals surface area contributed by atoms with Gasteiger partial charge in [0.1, 0.15) is 0 Å². The number of carbonyl (C=O) groups excluding carboxylic acids is 1. The fraction of sp³-hybridized carbons (Fsp3) is 0.462. The van der Waals surface area contributed by atoms with Crippen LogP contribution in [-0.4, -0.2) is 18.7 Å². The molecule has 5 heteroatoms. The summed E-state index contributed by atoms with van der Waals surface area (Å²) in [6.45, 7) is 4.29. The SMILES string of the molecule is CC(C)C[C@@H](N)C(=O)Nc1ccc2c(c1)OCO2. The third kappa shape index (κ3) is 2.92. The van der Waals surface area contributed by atoms with E-state index >= 15 is 0 Å². The number of fused-ring (bicyclic) bond motifs is 1. The summed E-state index contributed by atoms with van der Waals surface area (Å²) in [6, 6.07) is 4.79. The van der Waals surface area contributed by atoms with Gasteiger partial charge in [-0.2, -0.15) is 0 Å². The summed E-state index contributed by atoms with van der Waals surface area (Å²) in [7, 11) is 0. The Balaban J connectivity index is 1.99. The second-order valence-corrected chi connectivity index (χ2v) is 4.79. The summed E-state index contributed by atoms with van der Waals surface area (Å²) >= 11 is 0. The maximum Gasteiger partial charge on any atom is 0.241 e. The molecule has 0 unspecified atom stereocenters. The highest BCUT2D eigenvalue weighted by molar-refractivity contribution is 5.94. The first kappa shape index (κ1) is 12.7. The highest BCUT2D eigenvalue weighted by Gasteiger charge is 2.17. The fourth-order valence-corrected chi connectivity index (χ4v) is 1.82. The number of amides is 1. The molecule has 5 nitrogen and oxygen atoms in total. The molecule has 3 N–H and O–H groups in total. The largest absolute Gasteiger partial charge is 0.454 e. The third-order valence-corrected chi connectivity index (χ3v) is 2.70. The number of benzene rings is 1. The van der Waals surface area contributed by atoms with Crippen LogP contribution in [0, 0.1) is 5.92 Å². The standard InChI is InChI=1S/C13H18N2O3/c1-8(2)5-10(14)13(16)15-9-3-4-11-12(6-9)18-7-17-11/h3-4,6,8,10H,5,7,14H2,1-2H3,(H,15,16)/t10-/m1/s1. The Morgan fingerprint density at radius 1 is 1.39 bits per heavy atom. The van der Waals surface area contributed by atoms with Crippen molar-refractivity contribution in [3.63, 3.8) is 0 Å². The molecule has 1 aliphatic rings. The molecule has 1 atom stereocenters. The fourth-order valence-electron chi connectivity index (χ4n) is 1.82. The van der Waals surface area contributed by atoms with E-state index in [-0.39, 0.29) is 12.7 Å². The second-order valence-electron chi connectivity index (χ2n) is 4.79. The molecule has 1 aliphatic heterocycles. The van der Waals surface area contributed by atoms with E-state index < -0.39 is 6.04 Å². The zero-order chi connectivity index (χ0) is 13.1. The van der Waals surface area contributed by atoms with E-state index in [0.29, 0.717) is 29.5 Å². The van der Waals surface area contributed by atoms with Crippen molar-refractivity contribution in [1.82, 2.24) is 0 Å². The van der Waals surface area contributed by atoms with Crippen LogP contribution in [0.1, 0.15) is 20.3 Å². The minimum atomic E-state index is -0.490. The molecule has 1 aromatic carbocycles. The van der Waals surface area contributed by atoms with Gasteiger partial charge in [0, 0.05) is 11.8 Å². The van der Waals surface area contributed by atoms with E-state index in [2.05, 4.69) is 5.32 Å². The van der Waals surface area contributed by atoms with E-state index in [1.165, 1.54) is 0 Å². The lowest BCUT2D eigenvalue weighted by Crippen LogP contribution is -2.36. The minimum absolute atomic E-state index is 0.178. The summed E-state index contributed by atoms with van der Waals surface area (Å²) in [5.41, 5.74) is 6.48. The van der Waals surface area contributed by atoms with Gasteiger partial charge < -0.3 is 20.5 Å². The van der Waals surface area contributed by atoms with E-state index in [1.54, 1.807) is 18.2 Å². The van der Waals surface area contributed by atoms with Crippen molar-refractivity contribution in [1.29, 1.82) is 0 Å². The van der Waals surface area contributed by atoms with Gasteiger partial charge in [-0.25, -0.2) is 0 Å². The van der Waals surface area contributed by atoms with Crippen molar-refractivity contribution in [3.05, 3.63) is 18.2 Å². The molecule has 0 spiro atoms. The van der Waals surface area contributed by atoms with E-state index in [0.717, 1.165) is 0 Å². The van der Waals surface area contributed by atoms with Gasteiger partial charge in [0.05, 0.1) is 6.04 Å². The lowest BCUT2D eigenvalue weighted by atomic mass is 10.0. The number of hydrogen-bond donors (Lipinski definition) is 2. The Labute approximate surface area is 106 Å². The van der Waals surface area contributed by atoms with Crippen LogP contribution in [0.5, 0.6) is 11.5 Å². The summed E-state index contributed by atoms with van der Waals surface area (Å²) in [5.74, 6) is 1.55. The van der Waals surface area contributed by atoms with E-state index in [1.807, 2.05) is 13.8 Å². The second kappa shape index (κ2) is 5.27. The number of ether oxygens (including phenoxy) is 2. The molecule has 98 valence electrons. The Morgan fingerprint density at radius 3 is 2.83 bits per heavy atom. The molecule has 1 heterocycles. The lowest BCUT2D eigenvalue weighted by Gasteiger charge is -2.14. The van der Waals surface area contributed by atoms with Crippen LogP contribution in [0.2, 0.25) is 0 Å². The Hall–Kier alpha value is -1.75. The molecule has 0 saturated heterocycles. The minimum Gasteiger partial charge on any atom is -0.454 e. The van der Waals surface area contributed by atoms with Crippen LogP contribution in [0.3, 0.4) is 0 Å². The monoisotopic (exact) mass is 250 g/mol. The maximum atomic E-state index is 11.8. The van der Waals surface area contributed by atoms with Crippen LogP contribution in [0.15, 0.2) is 18.2 Å². The van der Waals surface area contributed by atoms with Gasteiger partial charge in [-0.3, -0.25) is 4.79 Å². The maximum absolute atomic E-state index is 11.8. The van der Waals surface area contributed by atoms with Crippen molar-refractivity contribution in [3.8, 4) is 11.5 Å². The highest BCUT2D eigenvalue weighted by atomic mass is 16.7. The number of nitrogens with two attached hydrogens (primary N) is 1. The van der Waals surface area contributed by atoms with E-state index in [9.17, 15) is 4.79 Å². The first-order valence-corrected chi connectivity index (χ1v) is 6.02. The predicted octanol–water partition coefficient (Wildman–Crippen LogP) is 1.73. The Bertz CT molecular complexity index is 446. The molecule has 0 radical (unpaired) electrons. The average molecular weight is 250 g/mol. The molecule has 1 aromatic rings. The van der Waals surface area contributed by atoms with E-state index in [4.69, 9.17) is 15.2 Å². The van der Waals surface area contributed by atoms with Gasteiger partial charge in [0.25, 0.3) is 0 Å². The quantitative estimate of drug-likeness (QED) is 0.853. The molecule has 0 fully saturated rings. The van der Waals surface area contributed by atoms with Crippen molar-refractivity contribution >= 4 is 11.6 Å². The number of rotatable bonds is 4. The van der Waals surface area contributed by atoms with Crippen molar-refractivity contribution in [2.24, 2.45) is 11.7 Å². The predicted molar refractivity (Wildman–Crippen MR) is 68.6 cm³/mol. The number of hydrogen-bond acceptors (Lipinski definition) is 4. The van der Waals surface area contributed by atoms with Crippen LogP contribution >= 0.6 is 0 Å². The van der Waals surface area contributed by atoms with Crippen LogP contribution in [0.25, 0.3) is 0 Å². The molecule has 0 saturated carbocycles. The molecule has 0 aromatic heterocycles. The van der Waals surface area contributed by atoms with Gasteiger partial charge in [0.2, 0.25) is 12.7 Å². The lowest BCUT2D eigenvalue weighted by molar-refractivity contribution is -0.117. The smallest absolute Gasteiger partial charge is 0.241 e. The Morgan fingerprint density at radius 2 is 2.11 bits per heavy atom. The molecule has 18 heavy (non-hydrogen) atoms. The Kier molecular flexibility index (Phi) is 3.72. The third-order valence-electron chi connectivity index (χ3n) is 2.70. The first-order valence-electron chi connectivity index (χ1n) is 6.02. The molecule has 0 aliphatic carbocycles.